The monoisotopic (exact) mass is 341 g/mol. The maximum atomic E-state index is 11.9. The SMILES string of the molecule is COc1ccc(/C=C/C(=O)c2ccccc2)cc1S(=O)(=O)O.[Na]. The van der Waals surface area contributed by atoms with Crippen molar-refractivity contribution in [3.63, 3.8) is 0 Å². The molecule has 0 aromatic heterocycles. The van der Waals surface area contributed by atoms with Gasteiger partial charge in [0.1, 0.15) is 10.6 Å². The van der Waals surface area contributed by atoms with Crippen LogP contribution in [-0.2, 0) is 10.1 Å². The van der Waals surface area contributed by atoms with Crippen LogP contribution in [0.5, 0.6) is 5.75 Å². The van der Waals surface area contributed by atoms with E-state index in [1.54, 1.807) is 30.3 Å². The van der Waals surface area contributed by atoms with Crippen LogP contribution in [0.3, 0.4) is 0 Å². The smallest absolute Gasteiger partial charge is 0.298 e. The molecule has 0 bridgehead atoms. The molecular weight excluding hydrogens is 327 g/mol. The number of ketones is 1. The summed E-state index contributed by atoms with van der Waals surface area (Å²) in [5, 5.41) is 0. The van der Waals surface area contributed by atoms with E-state index in [0.717, 1.165) is 0 Å². The Morgan fingerprint density at radius 3 is 2.35 bits per heavy atom. The van der Waals surface area contributed by atoms with Gasteiger partial charge >= 0.3 is 0 Å². The minimum atomic E-state index is -4.40. The summed E-state index contributed by atoms with van der Waals surface area (Å²) in [7, 11) is -3.10. The Morgan fingerprint density at radius 2 is 1.78 bits per heavy atom. The van der Waals surface area contributed by atoms with Gasteiger partial charge in [-0.2, -0.15) is 8.42 Å². The Hall–Kier alpha value is -1.44. The summed E-state index contributed by atoms with van der Waals surface area (Å²) in [6.07, 6.45) is 2.81. The van der Waals surface area contributed by atoms with Gasteiger partial charge in [0.05, 0.1) is 7.11 Å². The predicted molar refractivity (Wildman–Crippen MR) is 88.4 cm³/mol. The first-order valence-corrected chi connectivity index (χ1v) is 7.79. The molecule has 0 amide bonds. The quantitative estimate of drug-likeness (QED) is 0.391. The van der Waals surface area contributed by atoms with E-state index in [9.17, 15) is 17.8 Å². The Bertz CT molecular complexity index is 814. The van der Waals surface area contributed by atoms with E-state index in [4.69, 9.17) is 4.74 Å². The summed E-state index contributed by atoms with van der Waals surface area (Å²) < 4.78 is 36.7. The second kappa shape index (κ2) is 8.42. The van der Waals surface area contributed by atoms with Gasteiger partial charge in [-0.1, -0.05) is 42.5 Å². The molecule has 7 heteroatoms. The van der Waals surface area contributed by atoms with E-state index in [1.807, 2.05) is 6.07 Å². The molecule has 0 aliphatic carbocycles. The molecule has 0 aliphatic rings. The second-order valence-corrected chi connectivity index (χ2v) is 5.84. The van der Waals surface area contributed by atoms with E-state index in [2.05, 4.69) is 0 Å². The van der Waals surface area contributed by atoms with Crippen molar-refractivity contribution >= 4 is 51.5 Å². The van der Waals surface area contributed by atoms with Crippen LogP contribution in [0.1, 0.15) is 15.9 Å². The molecule has 5 nitrogen and oxygen atoms in total. The normalized spacial score (nSPS) is 11.0. The van der Waals surface area contributed by atoms with Crippen LogP contribution in [0.25, 0.3) is 6.08 Å². The molecule has 0 saturated heterocycles. The molecule has 2 rings (SSSR count). The second-order valence-electron chi connectivity index (χ2n) is 4.45. The molecule has 0 aliphatic heterocycles. The van der Waals surface area contributed by atoms with Crippen molar-refractivity contribution in [1.82, 2.24) is 0 Å². The topological polar surface area (TPSA) is 80.7 Å². The molecule has 2 aromatic rings. The van der Waals surface area contributed by atoms with Gasteiger partial charge in [0.25, 0.3) is 10.1 Å². The number of rotatable bonds is 5. The molecule has 0 spiro atoms. The standard InChI is InChI=1S/C16H14O5S.Na/c1-21-15-10-8-12(11-16(15)22(18,19)20)7-9-14(17)13-5-3-2-4-6-13;/h2-11H,1H3,(H,18,19,20);/b9-7+;. The Kier molecular flexibility index (Phi) is 7.18. The van der Waals surface area contributed by atoms with Crippen molar-refractivity contribution in [2.75, 3.05) is 7.11 Å². The number of carbonyl (C=O) groups excluding carboxylic acids is 1. The molecule has 2 aromatic carbocycles. The molecule has 0 heterocycles. The number of benzene rings is 2. The van der Waals surface area contributed by atoms with Crippen LogP contribution in [0.2, 0.25) is 0 Å². The van der Waals surface area contributed by atoms with Crippen LogP contribution >= 0.6 is 0 Å². The predicted octanol–water partition coefficient (Wildman–Crippen LogP) is 2.46. The van der Waals surface area contributed by atoms with Crippen molar-refractivity contribution in [1.29, 1.82) is 0 Å². The van der Waals surface area contributed by atoms with Gasteiger partial charge < -0.3 is 4.74 Å². The van der Waals surface area contributed by atoms with Crippen molar-refractivity contribution in [2.24, 2.45) is 0 Å². The maximum Gasteiger partial charge on any atom is 0.298 e. The van der Waals surface area contributed by atoms with Gasteiger partial charge in [0, 0.05) is 35.1 Å². The van der Waals surface area contributed by atoms with Gasteiger partial charge in [0.2, 0.25) is 0 Å². The largest absolute Gasteiger partial charge is 0.495 e. The summed E-state index contributed by atoms with van der Waals surface area (Å²) in [5.41, 5.74) is 0.986. The molecule has 0 fully saturated rings. The fourth-order valence-corrected chi connectivity index (χ4v) is 2.56. The fraction of sp³-hybridized carbons (Fsp3) is 0.0625. The molecule has 0 atom stereocenters. The van der Waals surface area contributed by atoms with Crippen LogP contribution in [0, 0.1) is 0 Å². The van der Waals surface area contributed by atoms with E-state index >= 15 is 0 Å². The molecule has 1 radical (unpaired) electrons. The maximum absolute atomic E-state index is 11.9. The Morgan fingerprint density at radius 1 is 1.13 bits per heavy atom. The van der Waals surface area contributed by atoms with E-state index in [-0.39, 0.29) is 46.0 Å². The molecule has 0 saturated carbocycles. The van der Waals surface area contributed by atoms with Gasteiger partial charge in [-0.05, 0) is 23.8 Å². The zero-order chi connectivity index (χ0) is 16.2. The number of methoxy groups -OCH3 is 1. The molecule has 115 valence electrons. The first kappa shape index (κ1) is 19.6. The van der Waals surface area contributed by atoms with E-state index < -0.39 is 10.1 Å². The number of hydrogen-bond donors (Lipinski definition) is 1. The Balaban J connectivity index is 0.00000264. The van der Waals surface area contributed by atoms with Crippen LogP contribution < -0.4 is 4.74 Å². The van der Waals surface area contributed by atoms with Crippen LogP contribution in [0.4, 0.5) is 0 Å². The molecular formula is C16H14NaO5S. The fourth-order valence-electron chi connectivity index (χ4n) is 1.87. The zero-order valence-electron chi connectivity index (χ0n) is 12.8. The summed E-state index contributed by atoms with van der Waals surface area (Å²) in [6.45, 7) is 0. The third-order valence-electron chi connectivity index (χ3n) is 2.95. The van der Waals surface area contributed by atoms with Crippen LogP contribution in [0.15, 0.2) is 59.5 Å². The minimum Gasteiger partial charge on any atom is -0.495 e. The first-order chi connectivity index (χ1) is 10.4. The number of ether oxygens (including phenoxy) is 1. The van der Waals surface area contributed by atoms with E-state index in [1.165, 1.54) is 31.4 Å². The number of carbonyl (C=O) groups is 1. The summed E-state index contributed by atoms with van der Waals surface area (Å²) in [6, 6.07) is 12.9. The number of hydrogen-bond acceptors (Lipinski definition) is 4. The molecule has 0 unspecified atom stereocenters. The average Bonchev–Trinajstić information content (AvgIpc) is 2.52. The average molecular weight is 341 g/mol. The van der Waals surface area contributed by atoms with Crippen molar-refractivity contribution in [3.05, 3.63) is 65.7 Å². The van der Waals surface area contributed by atoms with Gasteiger partial charge in [-0.25, -0.2) is 0 Å². The molecule has 1 N–H and O–H groups in total. The Labute approximate surface area is 157 Å². The minimum absolute atomic E-state index is 0. The van der Waals surface area contributed by atoms with Crippen LogP contribution in [-0.4, -0.2) is 55.4 Å². The van der Waals surface area contributed by atoms with Gasteiger partial charge in [0.15, 0.2) is 5.78 Å². The van der Waals surface area contributed by atoms with E-state index in [0.29, 0.717) is 11.1 Å². The first-order valence-electron chi connectivity index (χ1n) is 6.35. The summed E-state index contributed by atoms with van der Waals surface area (Å²) >= 11 is 0. The summed E-state index contributed by atoms with van der Waals surface area (Å²) in [4.78, 5) is 11.6. The third-order valence-corrected chi connectivity index (χ3v) is 3.83. The molecule has 23 heavy (non-hydrogen) atoms. The number of allylic oxidation sites excluding steroid dienone is 1. The van der Waals surface area contributed by atoms with Gasteiger partial charge in [-0.3, -0.25) is 9.35 Å². The van der Waals surface area contributed by atoms with Crippen molar-refractivity contribution in [2.45, 2.75) is 4.90 Å². The third kappa shape index (κ3) is 5.30. The van der Waals surface area contributed by atoms with Crippen molar-refractivity contribution in [3.8, 4) is 5.75 Å². The summed E-state index contributed by atoms with van der Waals surface area (Å²) in [5.74, 6) is -0.168. The zero-order valence-corrected chi connectivity index (χ0v) is 15.6. The van der Waals surface area contributed by atoms with Gasteiger partial charge in [-0.15, -0.1) is 0 Å². The van der Waals surface area contributed by atoms with Crippen molar-refractivity contribution < 1.29 is 22.5 Å².